The Kier molecular flexibility index (Phi) is 4.98. The first-order valence-electron chi connectivity index (χ1n) is 4.65. The summed E-state index contributed by atoms with van der Waals surface area (Å²) in [4.78, 5) is 0. The summed E-state index contributed by atoms with van der Waals surface area (Å²) in [6.07, 6.45) is 0.497. The van der Waals surface area contributed by atoms with E-state index in [0.717, 1.165) is 5.56 Å². The van der Waals surface area contributed by atoms with Crippen molar-refractivity contribution in [2.75, 3.05) is 0 Å². The van der Waals surface area contributed by atoms with Crippen LogP contribution in [0.2, 0.25) is 10.0 Å². The molecule has 0 saturated carbocycles. The normalized spacial score (nSPS) is 11.7. The number of hydrogen-bond acceptors (Lipinski definition) is 1. The first-order chi connectivity index (χ1) is 7.13. The number of aliphatic hydroxyl groups is 1. The lowest BCUT2D eigenvalue weighted by atomic mass is 10.1. The topological polar surface area (TPSA) is 20.2 Å². The summed E-state index contributed by atoms with van der Waals surface area (Å²) >= 11 is 11.7. The van der Waals surface area contributed by atoms with Crippen molar-refractivity contribution in [1.82, 2.24) is 0 Å². The smallest absolute Gasteiger partial charge is 0.0690 e. The van der Waals surface area contributed by atoms with Gasteiger partial charge in [-0.25, -0.2) is 0 Å². The van der Waals surface area contributed by atoms with Crippen LogP contribution < -0.4 is 0 Å². The van der Waals surface area contributed by atoms with E-state index in [4.69, 9.17) is 23.2 Å². The van der Waals surface area contributed by atoms with Gasteiger partial charge in [-0.2, -0.15) is 0 Å². The Labute approximate surface area is 100 Å². The number of halogens is 2. The van der Waals surface area contributed by atoms with Crippen molar-refractivity contribution in [3.8, 4) is 11.8 Å². The molecule has 80 valence electrons. The van der Waals surface area contributed by atoms with Gasteiger partial charge >= 0.3 is 0 Å². The molecule has 0 heterocycles. The Hall–Kier alpha value is -0.680. The minimum Gasteiger partial charge on any atom is -0.392 e. The van der Waals surface area contributed by atoms with Crippen molar-refractivity contribution in [2.24, 2.45) is 0 Å². The van der Waals surface area contributed by atoms with Crippen LogP contribution in [0.1, 0.15) is 18.9 Å². The van der Waals surface area contributed by atoms with Crippen LogP contribution >= 0.6 is 23.2 Å². The second-order valence-electron chi connectivity index (χ2n) is 3.22. The summed E-state index contributed by atoms with van der Waals surface area (Å²) in [5.41, 5.74) is 0.895. The summed E-state index contributed by atoms with van der Waals surface area (Å²) < 4.78 is 0. The third-order valence-electron chi connectivity index (χ3n) is 1.99. The molecule has 0 amide bonds. The van der Waals surface area contributed by atoms with Gasteiger partial charge in [-0.05, 0) is 24.6 Å². The molecule has 0 radical (unpaired) electrons. The van der Waals surface area contributed by atoms with Crippen molar-refractivity contribution in [1.29, 1.82) is 0 Å². The maximum atomic E-state index is 9.63. The lowest BCUT2D eigenvalue weighted by Gasteiger charge is -2.08. The van der Waals surface area contributed by atoms with Gasteiger partial charge in [-0.1, -0.05) is 29.3 Å². The van der Waals surface area contributed by atoms with E-state index in [1.165, 1.54) is 0 Å². The first kappa shape index (κ1) is 12.4. The van der Waals surface area contributed by atoms with Crippen LogP contribution in [0.5, 0.6) is 0 Å². The van der Waals surface area contributed by atoms with Gasteiger partial charge in [0.15, 0.2) is 0 Å². The van der Waals surface area contributed by atoms with Crippen LogP contribution in [-0.4, -0.2) is 11.2 Å². The fourth-order valence-electron chi connectivity index (χ4n) is 1.23. The summed E-state index contributed by atoms with van der Waals surface area (Å²) in [5.74, 6) is 5.57. The molecule has 1 N–H and O–H groups in total. The summed E-state index contributed by atoms with van der Waals surface area (Å²) in [6.45, 7) is 1.75. The predicted octanol–water partition coefficient (Wildman–Crippen LogP) is 3.31. The standard InChI is InChI=1S/C12H12Cl2O/c1-2-3-4-11(15)7-9-5-6-10(13)8-12(9)14/h5-6,8,11,15H,4,7H2,1H3. The van der Waals surface area contributed by atoms with Crippen LogP contribution in [0.4, 0.5) is 0 Å². The van der Waals surface area contributed by atoms with Crippen LogP contribution in [0.25, 0.3) is 0 Å². The SMILES string of the molecule is CC#CCC(O)Cc1ccc(Cl)cc1Cl. The molecule has 0 aromatic heterocycles. The largest absolute Gasteiger partial charge is 0.392 e. The fourth-order valence-corrected chi connectivity index (χ4v) is 1.72. The van der Waals surface area contributed by atoms with E-state index in [0.29, 0.717) is 22.9 Å². The molecule has 0 aliphatic carbocycles. The number of hydrogen-bond donors (Lipinski definition) is 1. The highest BCUT2D eigenvalue weighted by atomic mass is 35.5. The average molecular weight is 243 g/mol. The maximum Gasteiger partial charge on any atom is 0.0690 e. The summed E-state index contributed by atoms with van der Waals surface area (Å²) in [6, 6.07) is 5.27. The Bertz CT molecular complexity index is 390. The highest BCUT2D eigenvalue weighted by Crippen LogP contribution is 2.22. The molecule has 0 saturated heterocycles. The van der Waals surface area contributed by atoms with E-state index in [-0.39, 0.29) is 0 Å². The van der Waals surface area contributed by atoms with Crippen LogP contribution in [0.15, 0.2) is 18.2 Å². The van der Waals surface area contributed by atoms with Crippen molar-refractivity contribution < 1.29 is 5.11 Å². The summed E-state index contributed by atoms with van der Waals surface area (Å²) in [7, 11) is 0. The Balaban J connectivity index is 2.66. The molecule has 15 heavy (non-hydrogen) atoms. The van der Waals surface area contributed by atoms with Crippen molar-refractivity contribution in [2.45, 2.75) is 25.9 Å². The lowest BCUT2D eigenvalue weighted by molar-refractivity contribution is 0.181. The zero-order valence-electron chi connectivity index (χ0n) is 8.43. The van der Waals surface area contributed by atoms with E-state index < -0.39 is 6.10 Å². The molecule has 1 aromatic carbocycles. The lowest BCUT2D eigenvalue weighted by Crippen LogP contribution is -2.09. The van der Waals surface area contributed by atoms with Gasteiger partial charge in [0.2, 0.25) is 0 Å². The Morgan fingerprint density at radius 2 is 2.13 bits per heavy atom. The van der Waals surface area contributed by atoms with E-state index in [1.54, 1.807) is 19.1 Å². The minimum atomic E-state index is -0.476. The number of rotatable bonds is 3. The second-order valence-corrected chi connectivity index (χ2v) is 4.07. The zero-order valence-corrected chi connectivity index (χ0v) is 9.94. The minimum absolute atomic E-state index is 0.468. The molecule has 1 rings (SSSR count). The van der Waals surface area contributed by atoms with Gasteiger partial charge in [-0.15, -0.1) is 11.8 Å². The fraction of sp³-hybridized carbons (Fsp3) is 0.333. The molecule has 1 nitrogen and oxygen atoms in total. The van der Waals surface area contributed by atoms with Gasteiger partial charge in [0.1, 0.15) is 0 Å². The average Bonchev–Trinajstić information content (AvgIpc) is 2.19. The summed E-state index contributed by atoms with van der Waals surface area (Å²) in [5, 5.41) is 10.8. The number of aliphatic hydroxyl groups excluding tert-OH is 1. The quantitative estimate of drug-likeness (QED) is 0.807. The zero-order chi connectivity index (χ0) is 11.3. The Morgan fingerprint density at radius 1 is 1.40 bits per heavy atom. The van der Waals surface area contributed by atoms with Crippen LogP contribution in [0, 0.1) is 11.8 Å². The molecule has 1 unspecified atom stereocenters. The van der Waals surface area contributed by atoms with Crippen LogP contribution in [-0.2, 0) is 6.42 Å². The monoisotopic (exact) mass is 242 g/mol. The van der Waals surface area contributed by atoms with Crippen molar-refractivity contribution in [3.05, 3.63) is 33.8 Å². The third kappa shape index (κ3) is 4.13. The number of benzene rings is 1. The molecular formula is C12H12Cl2O. The van der Waals surface area contributed by atoms with E-state index in [9.17, 15) is 5.11 Å². The molecule has 1 atom stereocenters. The second kappa shape index (κ2) is 6.02. The molecule has 0 aliphatic heterocycles. The molecule has 0 fully saturated rings. The third-order valence-corrected chi connectivity index (χ3v) is 2.57. The van der Waals surface area contributed by atoms with Gasteiger partial charge in [0.25, 0.3) is 0 Å². The molecule has 1 aromatic rings. The first-order valence-corrected chi connectivity index (χ1v) is 5.40. The van der Waals surface area contributed by atoms with Gasteiger partial charge < -0.3 is 5.11 Å². The highest BCUT2D eigenvalue weighted by molar-refractivity contribution is 6.35. The van der Waals surface area contributed by atoms with Gasteiger partial charge in [0.05, 0.1) is 6.10 Å². The maximum absolute atomic E-state index is 9.63. The molecular weight excluding hydrogens is 231 g/mol. The molecule has 0 spiro atoms. The van der Waals surface area contributed by atoms with Crippen molar-refractivity contribution >= 4 is 23.2 Å². The highest BCUT2D eigenvalue weighted by Gasteiger charge is 2.07. The van der Waals surface area contributed by atoms with Crippen molar-refractivity contribution in [3.63, 3.8) is 0 Å². The predicted molar refractivity (Wildman–Crippen MR) is 64.2 cm³/mol. The Morgan fingerprint density at radius 3 is 2.73 bits per heavy atom. The van der Waals surface area contributed by atoms with Crippen LogP contribution in [0.3, 0.4) is 0 Å². The molecule has 0 aliphatic rings. The molecule has 3 heteroatoms. The molecule has 0 bridgehead atoms. The van der Waals surface area contributed by atoms with E-state index >= 15 is 0 Å². The van der Waals surface area contributed by atoms with E-state index in [1.807, 2.05) is 6.07 Å². The van der Waals surface area contributed by atoms with Gasteiger partial charge in [0, 0.05) is 22.9 Å². The van der Waals surface area contributed by atoms with E-state index in [2.05, 4.69) is 11.8 Å². The van der Waals surface area contributed by atoms with Gasteiger partial charge in [-0.3, -0.25) is 0 Å².